The molecular weight excluding hydrogens is 432 g/mol. The molecular formula is C22H23BrN4O2. The van der Waals surface area contributed by atoms with Gasteiger partial charge in [0.1, 0.15) is 6.10 Å². The minimum Gasteiger partial charge on any atom is -0.372 e. The fourth-order valence-corrected chi connectivity index (χ4v) is 3.62. The topological polar surface area (TPSA) is 59.7 Å². The normalized spacial score (nSPS) is 17.9. The lowest BCUT2D eigenvalue weighted by Gasteiger charge is -2.27. The quantitative estimate of drug-likeness (QED) is 0.523. The van der Waals surface area contributed by atoms with Crippen LogP contribution in [0.4, 0.5) is 5.95 Å². The summed E-state index contributed by atoms with van der Waals surface area (Å²) in [4.78, 5) is 23.2. The van der Waals surface area contributed by atoms with Crippen molar-refractivity contribution in [3.8, 4) is 12.5 Å². The number of hydrogen-bond donors (Lipinski definition) is 0. The molecule has 29 heavy (non-hydrogen) atoms. The smallest absolute Gasteiger partial charge is 0.255 e. The van der Waals surface area contributed by atoms with E-state index in [0.29, 0.717) is 24.8 Å². The zero-order valence-corrected chi connectivity index (χ0v) is 18.1. The third kappa shape index (κ3) is 5.22. The highest BCUT2D eigenvalue weighted by molar-refractivity contribution is 9.10. The second-order valence-corrected chi connectivity index (χ2v) is 7.73. The van der Waals surface area contributed by atoms with Crippen LogP contribution in [-0.2, 0) is 11.8 Å². The Morgan fingerprint density at radius 1 is 1.45 bits per heavy atom. The Hall–Kier alpha value is -2.69. The van der Waals surface area contributed by atoms with Crippen molar-refractivity contribution in [1.82, 2.24) is 9.55 Å². The van der Waals surface area contributed by atoms with Gasteiger partial charge in [-0.25, -0.2) is 9.98 Å². The van der Waals surface area contributed by atoms with Crippen LogP contribution in [-0.4, -0.2) is 35.5 Å². The van der Waals surface area contributed by atoms with E-state index in [9.17, 15) is 4.79 Å². The summed E-state index contributed by atoms with van der Waals surface area (Å²) in [5, 5.41) is 0. The van der Waals surface area contributed by atoms with E-state index in [0.717, 1.165) is 28.6 Å². The van der Waals surface area contributed by atoms with E-state index >= 15 is 0 Å². The van der Waals surface area contributed by atoms with Crippen molar-refractivity contribution in [1.29, 1.82) is 0 Å². The summed E-state index contributed by atoms with van der Waals surface area (Å²) in [6.07, 6.45) is 9.17. The largest absolute Gasteiger partial charge is 0.372 e. The number of aromatic nitrogens is 2. The van der Waals surface area contributed by atoms with Crippen LogP contribution in [0.2, 0.25) is 0 Å². The molecule has 1 aromatic heterocycles. The molecule has 7 heteroatoms. The maximum absolute atomic E-state index is 12.6. The van der Waals surface area contributed by atoms with Crippen molar-refractivity contribution in [2.24, 2.45) is 12.0 Å². The Morgan fingerprint density at radius 3 is 3.03 bits per heavy atom. The van der Waals surface area contributed by atoms with Crippen LogP contribution in [0.5, 0.6) is 0 Å². The standard InChI is InChI=1S/C22H23BrN4O2/c1-4-24-10-9-16(2)19-14-21(28)26(3)22(25-19)27-11-6-12-29-20(15-27)17-7-5-8-18(23)13-17/h1,5,7-10,13-14,20H,6,11-12,15H2,2-3H3. The molecule has 1 aromatic carbocycles. The van der Waals surface area contributed by atoms with Gasteiger partial charge in [-0.1, -0.05) is 34.5 Å². The number of terminal acetylenes is 1. The number of benzene rings is 1. The Labute approximate surface area is 179 Å². The Bertz CT molecular complexity index is 1040. The molecule has 0 radical (unpaired) electrons. The molecule has 2 heterocycles. The summed E-state index contributed by atoms with van der Waals surface area (Å²) < 4.78 is 8.67. The molecule has 1 saturated heterocycles. The molecule has 6 nitrogen and oxygen atoms in total. The molecule has 0 saturated carbocycles. The highest BCUT2D eigenvalue weighted by atomic mass is 79.9. The second kappa shape index (κ2) is 9.68. The molecule has 0 aliphatic carbocycles. The second-order valence-electron chi connectivity index (χ2n) is 6.81. The minimum absolute atomic E-state index is 0.102. The maximum Gasteiger partial charge on any atom is 0.255 e. The molecule has 3 rings (SSSR count). The molecule has 1 aliphatic rings. The summed E-state index contributed by atoms with van der Waals surface area (Å²) in [5.74, 6) is 0.625. The van der Waals surface area contributed by atoms with E-state index in [1.165, 1.54) is 12.3 Å². The van der Waals surface area contributed by atoms with Crippen LogP contribution >= 0.6 is 15.9 Å². The summed E-state index contributed by atoms with van der Waals surface area (Å²) >= 11 is 3.52. The molecule has 150 valence electrons. The van der Waals surface area contributed by atoms with Gasteiger partial charge in [0.05, 0.1) is 12.2 Å². The Balaban J connectivity index is 1.95. The van der Waals surface area contributed by atoms with E-state index in [4.69, 9.17) is 16.1 Å². The van der Waals surface area contributed by atoms with Crippen molar-refractivity contribution in [3.05, 3.63) is 62.5 Å². The van der Waals surface area contributed by atoms with Gasteiger partial charge in [-0.05, 0) is 42.7 Å². The van der Waals surface area contributed by atoms with Crippen LogP contribution < -0.4 is 10.5 Å². The number of anilines is 1. The Morgan fingerprint density at radius 2 is 2.28 bits per heavy atom. The maximum atomic E-state index is 12.6. The lowest BCUT2D eigenvalue weighted by atomic mass is 10.1. The predicted molar refractivity (Wildman–Crippen MR) is 120 cm³/mol. The van der Waals surface area contributed by atoms with Gasteiger partial charge < -0.3 is 9.64 Å². The Kier molecular flexibility index (Phi) is 7.02. The number of nitrogens with zero attached hydrogens (tertiary/aromatic N) is 4. The van der Waals surface area contributed by atoms with Crippen LogP contribution in [0, 0.1) is 12.5 Å². The lowest BCUT2D eigenvalue weighted by Crippen LogP contribution is -2.34. The van der Waals surface area contributed by atoms with E-state index in [-0.39, 0.29) is 11.7 Å². The monoisotopic (exact) mass is 454 g/mol. The average Bonchev–Trinajstić information content (AvgIpc) is 2.96. The molecule has 2 aromatic rings. The van der Waals surface area contributed by atoms with Gasteiger partial charge in [0.25, 0.3) is 5.56 Å². The summed E-state index contributed by atoms with van der Waals surface area (Å²) in [6, 6.07) is 11.8. The van der Waals surface area contributed by atoms with Crippen molar-refractivity contribution in [2.75, 3.05) is 24.6 Å². The van der Waals surface area contributed by atoms with Gasteiger partial charge in [0, 0.05) is 43.0 Å². The van der Waals surface area contributed by atoms with Crippen LogP contribution in [0.15, 0.2) is 50.7 Å². The number of halogens is 1. The number of aliphatic imine (C=N–C) groups is 1. The van der Waals surface area contributed by atoms with Crippen molar-refractivity contribution >= 4 is 33.7 Å². The highest BCUT2D eigenvalue weighted by Gasteiger charge is 2.23. The van der Waals surface area contributed by atoms with Gasteiger partial charge >= 0.3 is 0 Å². The van der Waals surface area contributed by atoms with Gasteiger partial charge in [-0.15, -0.1) is 0 Å². The summed E-state index contributed by atoms with van der Waals surface area (Å²) in [5.41, 5.74) is 2.40. The lowest BCUT2D eigenvalue weighted by molar-refractivity contribution is 0.0685. The zero-order chi connectivity index (χ0) is 20.8. The summed E-state index contributed by atoms with van der Waals surface area (Å²) in [7, 11) is 1.74. The molecule has 1 atom stereocenters. The molecule has 1 unspecified atom stereocenters. The first-order valence-electron chi connectivity index (χ1n) is 9.35. The first-order chi connectivity index (χ1) is 14.0. The number of rotatable bonds is 4. The number of ether oxygens (including phenoxy) is 1. The predicted octanol–water partition coefficient (Wildman–Crippen LogP) is 3.58. The SMILES string of the molecule is C#CN=CC=C(C)c1cc(=O)n(C)c(N2CCCOC(c3cccc(Br)c3)C2)n1. The van der Waals surface area contributed by atoms with E-state index in [2.05, 4.69) is 44.0 Å². The molecule has 1 fully saturated rings. The molecule has 0 spiro atoms. The summed E-state index contributed by atoms with van der Waals surface area (Å²) in [6.45, 7) is 3.91. The van der Waals surface area contributed by atoms with Gasteiger partial charge in [0.15, 0.2) is 0 Å². The third-order valence-electron chi connectivity index (χ3n) is 4.77. The first-order valence-corrected chi connectivity index (χ1v) is 10.1. The average molecular weight is 455 g/mol. The van der Waals surface area contributed by atoms with Crippen LogP contribution in [0.3, 0.4) is 0 Å². The fourth-order valence-electron chi connectivity index (χ4n) is 3.20. The molecule has 0 bridgehead atoms. The number of allylic oxidation sites excluding steroid dienone is 2. The van der Waals surface area contributed by atoms with E-state index < -0.39 is 0 Å². The fraction of sp³-hybridized carbons (Fsp3) is 0.318. The van der Waals surface area contributed by atoms with E-state index in [1.54, 1.807) is 17.7 Å². The molecule has 0 N–H and O–H groups in total. The van der Waals surface area contributed by atoms with Gasteiger partial charge in [0.2, 0.25) is 5.95 Å². The van der Waals surface area contributed by atoms with Crippen molar-refractivity contribution in [3.63, 3.8) is 0 Å². The van der Waals surface area contributed by atoms with Gasteiger partial charge in [-0.2, -0.15) is 0 Å². The van der Waals surface area contributed by atoms with E-state index in [1.807, 2.05) is 19.1 Å². The van der Waals surface area contributed by atoms with Crippen molar-refractivity contribution < 1.29 is 4.74 Å². The van der Waals surface area contributed by atoms with Crippen molar-refractivity contribution in [2.45, 2.75) is 19.4 Å². The van der Waals surface area contributed by atoms with Crippen LogP contribution in [0.25, 0.3) is 5.57 Å². The van der Waals surface area contributed by atoms with Crippen LogP contribution in [0.1, 0.15) is 30.7 Å². The zero-order valence-electron chi connectivity index (χ0n) is 16.5. The number of hydrogen-bond acceptors (Lipinski definition) is 5. The third-order valence-corrected chi connectivity index (χ3v) is 5.26. The highest BCUT2D eigenvalue weighted by Crippen LogP contribution is 2.26. The first kappa shape index (κ1) is 21.0. The van der Waals surface area contributed by atoms with Gasteiger partial charge in [-0.3, -0.25) is 9.36 Å². The molecule has 1 aliphatic heterocycles. The minimum atomic E-state index is -0.115. The molecule has 0 amide bonds.